The van der Waals surface area contributed by atoms with E-state index in [4.69, 9.17) is 4.99 Å². The van der Waals surface area contributed by atoms with Gasteiger partial charge in [0.15, 0.2) is 5.96 Å². The van der Waals surface area contributed by atoms with Crippen molar-refractivity contribution in [3.05, 3.63) is 30.3 Å². The summed E-state index contributed by atoms with van der Waals surface area (Å²) in [5.41, 5.74) is 0. The van der Waals surface area contributed by atoms with Crippen molar-refractivity contribution in [1.82, 2.24) is 15.5 Å². The van der Waals surface area contributed by atoms with Crippen molar-refractivity contribution in [2.45, 2.75) is 43.3 Å². The second kappa shape index (κ2) is 13.7. The van der Waals surface area contributed by atoms with Crippen LogP contribution in [0.5, 0.6) is 0 Å². The summed E-state index contributed by atoms with van der Waals surface area (Å²) in [5.74, 6) is 1.81. The summed E-state index contributed by atoms with van der Waals surface area (Å²) in [6, 6.07) is 10.6. The third kappa shape index (κ3) is 9.46. The first-order chi connectivity index (χ1) is 12.2. The first-order valence-corrected chi connectivity index (χ1v) is 10.5. The van der Waals surface area contributed by atoms with Crippen LogP contribution in [-0.2, 0) is 0 Å². The number of guanidine groups is 1. The van der Waals surface area contributed by atoms with E-state index in [1.165, 1.54) is 37.2 Å². The Morgan fingerprint density at radius 3 is 2.58 bits per heavy atom. The zero-order valence-electron chi connectivity index (χ0n) is 16.4. The van der Waals surface area contributed by atoms with E-state index in [-0.39, 0.29) is 24.0 Å². The SMILES string of the molecule is CCNC(=NCC(C)Sc1ccccc1)NCCC1CCN(C)CC1.I. The first-order valence-electron chi connectivity index (χ1n) is 9.59. The minimum absolute atomic E-state index is 0. The Labute approximate surface area is 181 Å². The Hall–Kier alpha value is -0.470. The molecular formula is C20H35IN4S. The molecule has 2 rings (SSSR count). The molecule has 1 unspecified atom stereocenters. The highest BCUT2D eigenvalue weighted by molar-refractivity contribution is 14.0. The molecule has 0 aromatic heterocycles. The van der Waals surface area contributed by atoms with Crippen LogP contribution in [0.1, 0.15) is 33.1 Å². The number of nitrogens with one attached hydrogen (secondary N) is 2. The molecule has 1 aliphatic heterocycles. The molecule has 0 radical (unpaired) electrons. The summed E-state index contributed by atoms with van der Waals surface area (Å²) in [6.07, 6.45) is 3.90. The molecule has 0 saturated carbocycles. The molecule has 4 nitrogen and oxygen atoms in total. The molecule has 1 saturated heterocycles. The van der Waals surface area contributed by atoms with E-state index in [0.29, 0.717) is 5.25 Å². The van der Waals surface area contributed by atoms with Crippen LogP contribution in [0, 0.1) is 5.92 Å². The van der Waals surface area contributed by atoms with Crippen LogP contribution in [0.25, 0.3) is 0 Å². The van der Waals surface area contributed by atoms with E-state index in [2.05, 4.69) is 66.8 Å². The average molecular weight is 490 g/mol. The van der Waals surface area contributed by atoms with E-state index < -0.39 is 0 Å². The fourth-order valence-corrected chi connectivity index (χ4v) is 4.00. The molecule has 1 atom stereocenters. The van der Waals surface area contributed by atoms with Crippen molar-refractivity contribution >= 4 is 41.7 Å². The molecule has 1 aromatic rings. The zero-order valence-corrected chi connectivity index (χ0v) is 19.6. The maximum absolute atomic E-state index is 4.77. The highest BCUT2D eigenvalue weighted by Gasteiger charge is 2.16. The number of piperidine rings is 1. The topological polar surface area (TPSA) is 39.7 Å². The molecule has 6 heteroatoms. The lowest BCUT2D eigenvalue weighted by molar-refractivity contribution is 0.213. The lowest BCUT2D eigenvalue weighted by atomic mass is 9.94. The second-order valence-corrected chi connectivity index (χ2v) is 8.44. The fourth-order valence-electron chi connectivity index (χ4n) is 3.08. The minimum atomic E-state index is 0. The Balaban J connectivity index is 0.00000338. The van der Waals surface area contributed by atoms with Gasteiger partial charge >= 0.3 is 0 Å². The Morgan fingerprint density at radius 1 is 1.23 bits per heavy atom. The number of thioether (sulfide) groups is 1. The van der Waals surface area contributed by atoms with Crippen molar-refractivity contribution in [2.24, 2.45) is 10.9 Å². The molecule has 26 heavy (non-hydrogen) atoms. The summed E-state index contributed by atoms with van der Waals surface area (Å²) in [5, 5.41) is 7.35. The van der Waals surface area contributed by atoms with Crippen LogP contribution in [-0.4, -0.2) is 55.9 Å². The number of rotatable bonds is 8. The van der Waals surface area contributed by atoms with Gasteiger partial charge in [-0.3, -0.25) is 4.99 Å². The normalized spacial score (nSPS) is 17.4. The van der Waals surface area contributed by atoms with Crippen molar-refractivity contribution in [3.63, 3.8) is 0 Å². The van der Waals surface area contributed by atoms with Gasteiger partial charge in [0, 0.05) is 23.2 Å². The quantitative estimate of drug-likeness (QED) is 0.250. The number of benzene rings is 1. The molecule has 0 aliphatic carbocycles. The smallest absolute Gasteiger partial charge is 0.191 e. The average Bonchev–Trinajstić information content (AvgIpc) is 2.62. The molecule has 1 aliphatic rings. The number of aliphatic imine (C=N–C) groups is 1. The Kier molecular flexibility index (Phi) is 12.4. The summed E-state index contributed by atoms with van der Waals surface area (Å²) in [6.45, 7) is 9.59. The summed E-state index contributed by atoms with van der Waals surface area (Å²) in [4.78, 5) is 8.51. The van der Waals surface area contributed by atoms with Gasteiger partial charge in [0.2, 0.25) is 0 Å². The van der Waals surface area contributed by atoms with Gasteiger partial charge in [-0.2, -0.15) is 0 Å². The number of halogens is 1. The lowest BCUT2D eigenvalue weighted by Gasteiger charge is -2.29. The molecule has 1 heterocycles. The van der Waals surface area contributed by atoms with Crippen LogP contribution in [0.4, 0.5) is 0 Å². The predicted octanol–water partition coefficient (Wildman–Crippen LogP) is 4.07. The van der Waals surface area contributed by atoms with Crippen molar-refractivity contribution < 1.29 is 0 Å². The second-order valence-electron chi connectivity index (χ2n) is 6.92. The summed E-state index contributed by atoms with van der Waals surface area (Å²) < 4.78 is 0. The van der Waals surface area contributed by atoms with Gasteiger partial charge in [0.25, 0.3) is 0 Å². The molecule has 0 bridgehead atoms. The lowest BCUT2D eigenvalue weighted by Crippen LogP contribution is -2.39. The molecule has 0 amide bonds. The monoisotopic (exact) mass is 490 g/mol. The number of hydrogen-bond donors (Lipinski definition) is 2. The maximum atomic E-state index is 4.77. The number of likely N-dealkylation sites (tertiary alicyclic amines) is 1. The largest absolute Gasteiger partial charge is 0.357 e. The standard InChI is InChI=1S/C20H34N4S.HI/c1-4-21-20(22-13-10-18-11-14-24(3)15-12-18)23-16-17(2)25-19-8-6-5-7-9-19;/h5-9,17-18H,4,10-16H2,1-3H3,(H2,21,22,23);1H. The highest BCUT2D eigenvalue weighted by Crippen LogP contribution is 2.22. The van der Waals surface area contributed by atoms with Gasteiger partial charge in [-0.05, 0) is 64.4 Å². The summed E-state index contributed by atoms with van der Waals surface area (Å²) >= 11 is 1.88. The number of nitrogens with zero attached hydrogens (tertiary/aromatic N) is 2. The van der Waals surface area contributed by atoms with Gasteiger partial charge in [-0.15, -0.1) is 35.7 Å². The number of hydrogen-bond acceptors (Lipinski definition) is 3. The third-order valence-electron chi connectivity index (χ3n) is 4.61. The van der Waals surface area contributed by atoms with E-state index in [9.17, 15) is 0 Å². The third-order valence-corrected chi connectivity index (χ3v) is 5.71. The van der Waals surface area contributed by atoms with Crippen molar-refractivity contribution in [2.75, 3.05) is 39.8 Å². The van der Waals surface area contributed by atoms with Crippen LogP contribution < -0.4 is 10.6 Å². The van der Waals surface area contributed by atoms with Gasteiger partial charge in [-0.1, -0.05) is 25.1 Å². The minimum Gasteiger partial charge on any atom is -0.357 e. The highest BCUT2D eigenvalue weighted by atomic mass is 127. The van der Waals surface area contributed by atoms with E-state index in [1.807, 2.05) is 11.8 Å². The van der Waals surface area contributed by atoms with Crippen LogP contribution in [0.15, 0.2) is 40.2 Å². The first kappa shape index (κ1) is 23.6. The van der Waals surface area contributed by atoms with Crippen LogP contribution in [0.3, 0.4) is 0 Å². The molecular weight excluding hydrogens is 455 g/mol. The van der Waals surface area contributed by atoms with Crippen molar-refractivity contribution in [3.8, 4) is 0 Å². The van der Waals surface area contributed by atoms with Crippen molar-refractivity contribution in [1.29, 1.82) is 0 Å². The van der Waals surface area contributed by atoms with Crippen LogP contribution in [0.2, 0.25) is 0 Å². The van der Waals surface area contributed by atoms with E-state index in [1.54, 1.807) is 0 Å². The molecule has 148 valence electrons. The van der Waals surface area contributed by atoms with Gasteiger partial charge in [0.05, 0.1) is 6.54 Å². The predicted molar refractivity (Wildman–Crippen MR) is 126 cm³/mol. The molecule has 2 N–H and O–H groups in total. The summed E-state index contributed by atoms with van der Waals surface area (Å²) in [7, 11) is 2.22. The van der Waals surface area contributed by atoms with Gasteiger partial charge in [0.1, 0.15) is 0 Å². The zero-order chi connectivity index (χ0) is 17.9. The molecule has 1 aromatic carbocycles. The van der Waals surface area contributed by atoms with Gasteiger partial charge < -0.3 is 15.5 Å². The Morgan fingerprint density at radius 2 is 1.92 bits per heavy atom. The Bertz CT molecular complexity index is 504. The maximum Gasteiger partial charge on any atom is 0.191 e. The van der Waals surface area contributed by atoms with Crippen LogP contribution >= 0.6 is 35.7 Å². The molecule has 0 spiro atoms. The van der Waals surface area contributed by atoms with E-state index in [0.717, 1.165) is 31.5 Å². The fraction of sp³-hybridized carbons (Fsp3) is 0.650. The molecule has 1 fully saturated rings. The van der Waals surface area contributed by atoms with E-state index >= 15 is 0 Å². The van der Waals surface area contributed by atoms with Gasteiger partial charge in [-0.25, -0.2) is 0 Å².